The summed E-state index contributed by atoms with van der Waals surface area (Å²) in [7, 11) is 0. The van der Waals surface area contributed by atoms with E-state index in [2.05, 4.69) is 5.32 Å². The van der Waals surface area contributed by atoms with E-state index in [1.165, 1.54) is 11.6 Å². The predicted octanol–water partition coefficient (Wildman–Crippen LogP) is 5.11. The number of aryl methyl sites for hydroxylation is 2. The zero-order valence-corrected chi connectivity index (χ0v) is 14.6. The molecule has 0 radical (unpaired) electrons. The predicted molar refractivity (Wildman–Crippen MR) is 102 cm³/mol. The molecule has 0 aliphatic rings. The molecular formula is C22H18N2O2. The van der Waals surface area contributed by atoms with Crippen LogP contribution in [0.15, 0.2) is 70.7 Å². The molecule has 0 atom stereocenters. The molecule has 0 fully saturated rings. The number of rotatable bonds is 4. The van der Waals surface area contributed by atoms with E-state index in [4.69, 9.17) is 4.42 Å². The number of amides is 1. The highest BCUT2D eigenvalue weighted by Crippen LogP contribution is 2.24. The Morgan fingerprint density at radius 1 is 1.04 bits per heavy atom. The van der Waals surface area contributed by atoms with Crippen molar-refractivity contribution in [2.45, 2.75) is 13.8 Å². The summed E-state index contributed by atoms with van der Waals surface area (Å²) in [4.78, 5) is 12.3. The maximum absolute atomic E-state index is 12.3. The van der Waals surface area contributed by atoms with Crippen LogP contribution in [0, 0.1) is 25.2 Å². The van der Waals surface area contributed by atoms with Gasteiger partial charge in [-0.1, -0.05) is 42.0 Å². The molecule has 0 spiro atoms. The van der Waals surface area contributed by atoms with Crippen LogP contribution in [0.2, 0.25) is 0 Å². The second-order valence-corrected chi connectivity index (χ2v) is 6.06. The highest BCUT2D eigenvalue weighted by Gasteiger charge is 2.11. The van der Waals surface area contributed by atoms with Gasteiger partial charge in [-0.25, -0.2) is 0 Å². The minimum absolute atomic E-state index is 0.0173. The number of carbonyl (C=O) groups is 1. The third-order valence-electron chi connectivity index (χ3n) is 3.89. The number of furan rings is 1. The van der Waals surface area contributed by atoms with Crippen LogP contribution >= 0.6 is 0 Å². The molecule has 0 unspecified atom stereocenters. The molecule has 1 aromatic heterocycles. The number of anilines is 1. The lowest BCUT2D eigenvalue weighted by molar-refractivity contribution is -0.112. The number of nitrogens with one attached hydrogen (secondary N) is 1. The van der Waals surface area contributed by atoms with Crippen LogP contribution in [-0.2, 0) is 4.79 Å². The summed E-state index contributed by atoms with van der Waals surface area (Å²) in [6.45, 7) is 3.96. The topological polar surface area (TPSA) is 66.0 Å². The van der Waals surface area contributed by atoms with Gasteiger partial charge in [-0.05, 0) is 43.7 Å². The van der Waals surface area contributed by atoms with Gasteiger partial charge in [0.2, 0.25) is 0 Å². The van der Waals surface area contributed by atoms with Crippen molar-refractivity contribution < 1.29 is 9.21 Å². The second kappa shape index (κ2) is 7.54. The molecule has 4 nitrogen and oxygen atoms in total. The fourth-order valence-corrected chi connectivity index (χ4v) is 2.52. The van der Waals surface area contributed by atoms with Crippen molar-refractivity contribution in [2.24, 2.45) is 0 Å². The molecule has 0 bridgehead atoms. The van der Waals surface area contributed by atoms with Crippen molar-refractivity contribution in [3.05, 3.63) is 83.1 Å². The first-order valence-electron chi connectivity index (χ1n) is 8.22. The number of nitrogens with zero attached hydrogens (tertiary/aromatic N) is 1. The molecule has 1 N–H and O–H groups in total. The zero-order valence-electron chi connectivity index (χ0n) is 14.6. The van der Waals surface area contributed by atoms with E-state index >= 15 is 0 Å². The summed E-state index contributed by atoms with van der Waals surface area (Å²) in [5.74, 6) is 0.676. The molecule has 2 aromatic carbocycles. The number of benzene rings is 2. The van der Waals surface area contributed by atoms with Gasteiger partial charge >= 0.3 is 0 Å². The summed E-state index contributed by atoms with van der Waals surface area (Å²) >= 11 is 0. The maximum atomic E-state index is 12.3. The molecule has 1 amide bonds. The molecular weight excluding hydrogens is 324 g/mol. The fourth-order valence-electron chi connectivity index (χ4n) is 2.52. The van der Waals surface area contributed by atoms with E-state index in [-0.39, 0.29) is 5.57 Å². The Bertz CT molecular complexity index is 1010. The third-order valence-corrected chi connectivity index (χ3v) is 3.89. The summed E-state index contributed by atoms with van der Waals surface area (Å²) in [5, 5.41) is 12.1. The Morgan fingerprint density at radius 2 is 1.81 bits per heavy atom. The molecule has 3 aromatic rings. The van der Waals surface area contributed by atoms with Crippen LogP contribution in [0.1, 0.15) is 16.9 Å². The SMILES string of the molecule is Cc1ccc(-c2ccc(C=C(C#N)C(=O)Nc3cccc(C)c3)o2)cc1. The van der Waals surface area contributed by atoms with E-state index in [1.807, 2.05) is 68.4 Å². The Balaban J connectivity index is 1.80. The average molecular weight is 342 g/mol. The largest absolute Gasteiger partial charge is 0.457 e. The first kappa shape index (κ1) is 17.2. The number of carbonyl (C=O) groups excluding carboxylic acids is 1. The van der Waals surface area contributed by atoms with E-state index in [1.54, 1.807) is 12.1 Å². The van der Waals surface area contributed by atoms with Crippen LogP contribution < -0.4 is 5.32 Å². The van der Waals surface area contributed by atoms with E-state index < -0.39 is 5.91 Å². The molecule has 0 saturated carbocycles. The normalized spacial score (nSPS) is 11.0. The minimum atomic E-state index is -0.466. The lowest BCUT2D eigenvalue weighted by atomic mass is 10.1. The quantitative estimate of drug-likeness (QED) is 0.529. The fraction of sp³-hybridized carbons (Fsp3) is 0.0909. The third kappa shape index (κ3) is 4.08. The van der Waals surface area contributed by atoms with Crippen LogP contribution in [0.3, 0.4) is 0 Å². The van der Waals surface area contributed by atoms with Crippen molar-refractivity contribution in [3.8, 4) is 17.4 Å². The van der Waals surface area contributed by atoms with Gasteiger partial charge in [0.15, 0.2) is 0 Å². The van der Waals surface area contributed by atoms with Crippen LogP contribution in [0.25, 0.3) is 17.4 Å². The Hall–Kier alpha value is -3.58. The Labute approximate surface area is 152 Å². The van der Waals surface area contributed by atoms with Crippen LogP contribution in [0.5, 0.6) is 0 Å². The molecule has 0 aliphatic carbocycles. The highest BCUT2D eigenvalue weighted by atomic mass is 16.3. The van der Waals surface area contributed by atoms with E-state index in [0.717, 1.165) is 11.1 Å². The standard InChI is InChI=1S/C22H18N2O2/c1-15-6-8-17(9-7-15)21-11-10-20(26-21)13-18(14-23)22(25)24-19-5-3-4-16(2)12-19/h3-13H,1-2H3,(H,24,25). The van der Waals surface area contributed by atoms with Gasteiger partial charge in [0.1, 0.15) is 23.2 Å². The van der Waals surface area contributed by atoms with Gasteiger partial charge in [-0.15, -0.1) is 0 Å². The molecule has 0 saturated heterocycles. The van der Waals surface area contributed by atoms with Crippen molar-refractivity contribution in [2.75, 3.05) is 5.32 Å². The van der Waals surface area contributed by atoms with Crippen molar-refractivity contribution >= 4 is 17.7 Å². The van der Waals surface area contributed by atoms with Gasteiger partial charge in [0.05, 0.1) is 0 Å². The molecule has 1 heterocycles. The molecule has 4 heteroatoms. The molecule has 3 rings (SSSR count). The summed E-state index contributed by atoms with van der Waals surface area (Å²) < 4.78 is 5.75. The first-order valence-corrected chi connectivity index (χ1v) is 8.22. The van der Waals surface area contributed by atoms with Crippen LogP contribution in [-0.4, -0.2) is 5.91 Å². The first-order chi connectivity index (χ1) is 12.5. The van der Waals surface area contributed by atoms with Gasteiger partial charge in [-0.2, -0.15) is 5.26 Å². The smallest absolute Gasteiger partial charge is 0.266 e. The summed E-state index contributed by atoms with van der Waals surface area (Å²) in [6, 6.07) is 20.8. The molecule has 26 heavy (non-hydrogen) atoms. The van der Waals surface area contributed by atoms with Crippen molar-refractivity contribution in [1.82, 2.24) is 0 Å². The molecule has 128 valence electrons. The van der Waals surface area contributed by atoms with E-state index in [9.17, 15) is 10.1 Å². The summed E-state index contributed by atoms with van der Waals surface area (Å²) in [6.07, 6.45) is 1.45. The van der Waals surface area contributed by atoms with Gasteiger partial charge in [0.25, 0.3) is 5.91 Å². The lowest BCUT2D eigenvalue weighted by Crippen LogP contribution is -2.13. The lowest BCUT2D eigenvalue weighted by Gasteiger charge is -2.04. The van der Waals surface area contributed by atoms with Gasteiger partial charge < -0.3 is 9.73 Å². The Kier molecular flexibility index (Phi) is 5.00. The van der Waals surface area contributed by atoms with Gasteiger partial charge in [-0.3, -0.25) is 4.79 Å². The minimum Gasteiger partial charge on any atom is -0.457 e. The van der Waals surface area contributed by atoms with Crippen LogP contribution in [0.4, 0.5) is 5.69 Å². The number of hydrogen-bond donors (Lipinski definition) is 1. The average Bonchev–Trinajstić information content (AvgIpc) is 3.09. The van der Waals surface area contributed by atoms with Crippen molar-refractivity contribution in [3.63, 3.8) is 0 Å². The monoisotopic (exact) mass is 342 g/mol. The zero-order chi connectivity index (χ0) is 18.5. The molecule has 0 aliphatic heterocycles. The maximum Gasteiger partial charge on any atom is 0.266 e. The van der Waals surface area contributed by atoms with E-state index in [0.29, 0.717) is 17.2 Å². The number of nitriles is 1. The highest BCUT2D eigenvalue weighted by molar-refractivity contribution is 6.09. The Morgan fingerprint density at radius 3 is 2.50 bits per heavy atom. The summed E-state index contributed by atoms with van der Waals surface area (Å²) in [5.41, 5.74) is 3.77. The van der Waals surface area contributed by atoms with Crippen molar-refractivity contribution in [1.29, 1.82) is 5.26 Å². The number of hydrogen-bond acceptors (Lipinski definition) is 3. The van der Waals surface area contributed by atoms with Gasteiger partial charge in [0, 0.05) is 17.3 Å². The second-order valence-electron chi connectivity index (χ2n) is 6.06.